The van der Waals surface area contributed by atoms with E-state index in [0.717, 1.165) is 0 Å². The minimum absolute atomic E-state index is 0.140. The van der Waals surface area contributed by atoms with Crippen LogP contribution in [0.1, 0.15) is 43.1 Å². The molecule has 0 N–H and O–H groups in total. The lowest BCUT2D eigenvalue weighted by atomic mass is 10.1. The van der Waals surface area contributed by atoms with Crippen LogP contribution in [0.2, 0.25) is 10.0 Å². The van der Waals surface area contributed by atoms with Crippen molar-refractivity contribution >= 4 is 41.5 Å². The zero-order chi connectivity index (χ0) is 15.3. The molecule has 0 aromatic heterocycles. The van der Waals surface area contributed by atoms with Crippen molar-refractivity contribution in [2.45, 2.75) is 32.8 Å². The van der Waals surface area contributed by atoms with E-state index < -0.39 is 5.60 Å². The number of halogens is 2. The van der Waals surface area contributed by atoms with Crippen molar-refractivity contribution < 1.29 is 14.3 Å². The molecule has 0 spiro atoms. The molecule has 108 valence electrons. The average molecular weight is 315 g/mol. The Bertz CT molecular complexity index is 543. The molecule has 0 saturated carbocycles. The van der Waals surface area contributed by atoms with Gasteiger partial charge in [-0.2, -0.15) is 0 Å². The van der Waals surface area contributed by atoms with Crippen LogP contribution in [-0.2, 0) is 9.53 Å². The van der Waals surface area contributed by atoms with Gasteiger partial charge in [0.15, 0.2) is 6.29 Å². The highest BCUT2D eigenvalue weighted by Gasteiger charge is 2.14. The first-order chi connectivity index (χ1) is 9.23. The SMILES string of the molecule is CC(C)(C)OC(=O)C/C=C/c1cc(Cl)c(C=O)cc1Cl. The second-order valence-corrected chi connectivity index (χ2v) is 6.02. The summed E-state index contributed by atoms with van der Waals surface area (Å²) in [6.45, 7) is 5.43. The summed E-state index contributed by atoms with van der Waals surface area (Å²) in [5.74, 6) is -0.319. The smallest absolute Gasteiger partial charge is 0.310 e. The van der Waals surface area contributed by atoms with Crippen molar-refractivity contribution in [1.82, 2.24) is 0 Å². The van der Waals surface area contributed by atoms with E-state index in [9.17, 15) is 9.59 Å². The predicted molar refractivity (Wildman–Crippen MR) is 81.3 cm³/mol. The lowest BCUT2D eigenvalue weighted by Gasteiger charge is -2.18. The molecule has 0 amide bonds. The van der Waals surface area contributed by atoms with Crippen molar-refractivity contribution in [1.29, 1.82) is 0 Å². The van der Waals surface area contributed by atoms with Gasteiger partial charge in [0.25, 0.3) is 0 Å². The summed E-state index contributed by atoms with van der Waals surface area (Å²) < 4.78 is 5.17. The average Bonchev–Trinajstić information content (AvgIpc) is 2.30. The van der Waals surface area contributed by atoms with Crippen LogP contribution < -0.4 is 0 Å². The van der Waals surface area contributed by atoms with E-state index in [-0.39, 0.29) is 12.4 Å². The Morgan fingerprint density at radius 2 is 1.75 bits per heavy atom. The third-order valence-electron chi connectivity index (χ3n) is 2.24. The summed E-state index contributed by atoms with van der Waals surface area (Å²) in [6, 6.07) is 3.07. The summed E-state index contributed by atoms with van der Waals surface area (Å²) in [7, 11) is 0. The van der Waals surface area contributed by atoms with Crippen LogP contribution in [0.4, 0.5) is 0 Å². The zero-order valence-corrected chi connectivity index (χ0v) is 13.1. The number of carbonyl (C=O) groups excluding carboxylic acids is 2. The molecule has 0 atom stereocenters. The van der Waals surface area contributed by atoms with E-state index in [0.29, 0.717) is 27.5 Å². The van der Waals surface area contributed by atoms with E-state index in [1.807, 2.05) is 20.8 Å². The first kappa shape index (κ1) is 16.7. The number of benzene rings is 1. The number of ether oxygens (including phenoxy) is 1. The monoisotopic (exact) mass is 314 g/mol. The molecule has 0 bridgehead atoms. The van der Waals surface area contributed by atoms with Gasteiger partial charge in [-0.25, -0.2) is 0 Å². The van der Waals surface area contributed by atoms with Gasteiger partial charge in [-0.1, -0.05) is 35.4 Å². The summed E-state index contributed by atoms with van der Waals surface area (Å²) in [4.78, 5) is 22.2. The third-order valence-corrected chi connectivity index (χ3v) is 2.90. The fourth-order valence-corrected chi connectivity index (χ4v) is 1.91. The molecule has 0 heterocycles. The maximum atomic E-state index is 11.5. The molecule has 0 aliphatic heterocycles. The van der Waals surface area contributed by atoms with Gasteiger partial charge in [-0.05, 0) is 38.5 Å². The lowest BCUT2D eigenvalue weighted by molar-refractivity contribution is -0.153. The Morgan fingerprint density at radius 1 is 1.20 bits per heavy atom. The summed E-state index contributed by atoms with van der Waals surface area (Å²) >= 11 is 11.9. The van der Waals surface area contributed by atoms with Crippen molar-refractivity contribution in [3.05, 3.63) is 39.4 Å². The van der Waals surface area contributed by atoms with Gasteiger partial charge in [0.2, 0.25) is 0 Å². The van der Waals surface area contributed by atoms with Crippen LogP contribution in [0.15, 0.2) is 18.2 Å². The molecule has 0 aliphatic rings. The van der Waals surface area contributed by atoms with Gasteiger partial charge in [0.05, 0.1) is 11.4 Å². The number of hydrogen-bond acceptors (Lipinski definition) is 3. The Kier molecular flexibility index (Phi) is 5.78. The second-order valence-electron chi connectivity index (χ2n) is 5.21. The van der Waals surface area contributed by atoms with Gasteiger partial charge in [0.1, 0.15) is 5.60 Å². The molecule has 1 rings (SSSR count). The van der Waals surface area contributed by atoms with Crippen molar-refractivity contribution in [2.75, 3.05) is 0 Å². The molecule has 1 aromatic rings. The van der Waals surface area contributed by atoms with E-state index in [4.69, 9.17) is 27.9 Å². The van der Waals surface area contributed by atoms with Crippen LogP contribution in [-0.4, -0.2) is 17.9 Å². The molecule has 0 radical (unpaired) electrons. The van der Waals surface area contributed by atoms with E-state index >= 15 is 0 Å². The molecule has 0 aliphatic carbocycles. The van der Waals surface area contributed by atoms with Crippen molar-refractivity contribution in [3.8, 4) is 0 Å². The van der Waals surface area contributed by atoms with E-state index in [2.05, 4.69) is 0 Å². The number of rotatable bonds is 4. The molecular formula is C15H16Cl2O3. The largest absolute Gasteiger partial charge is 0.460 e. The maximum Gasteiger partial charge on any atom is 0.310 e. The Labute approximate surface area is 128 Å². The van der Waals surface area contributed by atoms with E-state index in [1.54, 1.807) is 18.2 Å². The highest BCUT2D eigenvalue weighted by molar-refractivity contribution is 6.36. The van der Waals surface area contributed by atoms with Gasteiger partial charge >= 0.3 is 5.97 Å². The summed E-state index contributed by atoms with van der Waals surface area (Å²) in [5.41, 5.74) is 0.476. The lowest BCUT2D eigenvalue weighted by Crippen LogP contribution is -2.23. The van der Waals surface area contributed by atoms with Gasteiger partial charge in [-0.15, -0.1) is 0 Å². The molecule has 0 fully saturated rings. The summed E-state index contributed by atoms with van der Waals surface area (Å²) in [5, 5.41) is 0.721. The molecular weight excluding hydrogens is 299 g/mol. The standard InChI is InChI=1S/C15H16Cl2O3/c1-15(2,3)20-14(19)6-4-5-10-7-13(17)11(9-18)8-12(10)16/h4-5,7-9H,6H2,1-3H3/b5-4+. The predicted octanol–water partition coefficient (Wildman–Crippen LogP) is 4.55. The number of aldehydes is 1. The Hall–Kier alpha value is -1.32. The summed E-state index contributed by atoms with van der Waals surface area (Å²) in [6.07, 6.45) is 4.10. The van der Waals surface area contributed by atoms with Crippen LogP contribution >= 0.6 is 23.2 Å². The first-order valence-electron chi connectivity index (χ1n) is 6.05. The third kappa shape index (κ3) is 5.35. The molecule has 20 heavy (non-hydrogen) atoms. The van der Waals surface area contributed by atoms with Crippen molar-refractivity contribution in [2.24, 2.45) is 0 Å². The van der Waals surface area contributed by atoms with E-state index in [1.165, 1.54) is 6.07 Å². The van der Waals surface area contributed by atoms with Gasteiger partial charge in [-0.3, -0.25) is 9.59 Å². The molecule has 5 heteroatoms. The van der Waals surface area contributed by atoms with Crippen LogP contribution in [0, 0.1) is 0 Å². The highest BCUT2D eigenvalue weighted by atomic mass is 35.5. The second kappa shape index (κ2) is 6.91. The molecule has 0 saturated heterocycles. The minimum atomic E-state index is -0.502. The molecule has 1 aromatic carbocycles. The maximum absolute atomic E-state index is 11.5. The van der Waals surface area contributed by atoms with Gasteiger partial charge < -0.3 is 4.74 Å². The van der Waals surface area contributed by atoms with Gasteiger partial charge in [0, 0.05) is 10.6 Å². The Morgan fingerprint density at radius 3 is 2.30 bits per heavy atom. The fourth-order valence-electron chi connectivity index (χ4n) is 1.46. The number of hydrogen-bond donors (Lipinski definition) is 0. The fraction of sp³-hybridized carbons (Fsp3) is 0.333. The van der Waals surface area contributed by atoms with Crippen LogP contribution in [0.5, 0.6) is 0 Å². The topological polar surface area (TPSA) is 43.4 Å². The Balaban J connectivity index is 2.74. The zero-order valence-electron chi connectivity index (χ0n) is 11.6. The number of esters is 1. The highest BCUT2D eigenvalue weighted by Crippen LogP contribution is 2.25. The van der Waals surface area contributed by atoms with Crippen LogP contribution in [0.25, 0.3) is 6.08 Å². The molecule has 0 unspecified atom stereocenters. The quantitative estimate of drug-likeness (QED) is 0.605. The minimum Gasteiger partial charge on any atom is -0.460 e. The van der Waals surface area contributed by atoms with Crippen molar-refractivity contribution in [3.63, 3.8) is 0 Å². The van der Waals surface area contributed by atoms with Crippen LogP contribution in [0.3, 0.4) is 0 Å². The normalized spacial score (nSPS) is 11.7. The number of carbonyl (C=O) groups is 2. The first-order valence-corrected chi connectivity index (χ1v) is 6.81. The molecule has 3 nitrogen and oxygen atoms in total.